The molecule has 0 aliphatic carbocycles. The lowest BCUT2D eigenvalue weighted by Crippen LogP contribution is -2.31. The fourth-order valence-corrected chi connectivity index (χ4v) is 4.27. The van der Waals surface area contributed by atoms with Crippen LogP contribution >= 0.6 is 0 Å². The zero-order chi connectivity index (χ0) is 21.5. The molecular weight excluding hydrogens is 382 g/mol. The van der Waals surface area contributed by atoms with Crippen LogP contribution in [0.1, 0.15) is 62.0 Å². The number of hydrogen-bond acceptors (Lipinski definition) is 2. The highest BCUT2D eigenvalue weighted by molar-refractivity contribution is 5.94. The number of carbonyl (C=O) groups excluding carboxylic acids is 1. The van der Waals surface area contributed by atoms with Crippen LogP contribution in [0.25, 0.3) is 0 Å². The highest BCUT2D eigenvalue weighted by Gasteiger charge is 2.27. The predicted molar refractivity (Wildman–Crippen MR) is 118 cm³/mol. The molecule has 162 valence electrons. The topological polar surface area (TPSA) is 23.6 Å². The monoisotopic (exact) mass is 414 g/mol. The van der Waals surface area contributed by atoms with E-state index in [4.69, 9.17) is 0 Å². The SMILES string of the molecule is CN(C)CCCCCCC(=O)N1CCCC(c2ccc(F)cc2)c2ccc(F)cc21. The molecule has 1 unspecified atom stereocenters. The van der Waals surface area contributed by atoms with E-state index >= 15 is 0 Å². The van der Waals surface area contributed by atoms with E-state index in [2.05, 4.69) is 19.0 Å². The minimum atomic E-state index is -0.338. The van der Waals surface area contributed by atoms with Crippen molar-refractivity contribution in [3.05, 3.63) is 65.2 Å². The second-order valence-electron chi connectivity index (χ2n) is 8.46. The maximum atomic E-state index is 14.1. The van der Waals surface area contributed by atoms with E-state index in [-0.39, 0.29) is 23.5 Å². The molecule has 0 radical (unpaired) electrons. The normalized spacial score (nSPS) is 16.4. The van der Waals surface area contributed by atoms with E-state index in [9.17, 15) is 13.6 Å². The number of hydrogen-bond donors (Lipinski definition) is 0. The van der Waals surface area contributed by atoms with Crippen molar-refractivity contribution >= 4 is 11.6 Å². The van der Waals surface area contributed by atoms with Crippen LogP contribution in [0.2, 0.25) is 0 Å². The van der Waals surface area contributed by atoms with Gasteiger partial charge < -0.3 is 9.80 Å². The van der Waals surface area contributed by atoms with Gasteiger partial charge in [-0.05, 0) is 81.7 Å². The number of halogens is 2. The molecule has 5 heteroatoms. The molecule has 30 heavy (non-hydrogen) atoms. The molecule has 0 saturated heterocycles. The fourth-order valence-electron chi connectivity index (χ4n) is 4.27. The minimum absolute atomic E-state index is 0.0324. The van der Waals surface area contributed by atoms with Gasteiger partial charge in [-0.25, -0.2) is 8.78 Å². The van der Waals surface area contributed by atoms with Gasteiger partial charge in [0.25, 0.3) is 0 Å². The summed E-state index contributed by atoms with van der Waals surface area (Å²) in [6.45, 7) is 1.66. The minimum Gasteiger partial charge on any atom is -0.312 e. The molecule has 0 N–H and O–H groups in total. The summed E-state index contributed by atoms with van der Waals surface area (Å²) in [5.41, 5.74) is 2.61. The van der Waals surface area contributed by atoms with Crippen LogP contribution in [0.4, 0.5) is 14.5 Å². The first-order valence-corrected chi connectivity index (χ1v) is 11.0. The lowest BCUT2D eigenvalue weighted by Gasteiger charge is -2.24. The van der Waals surface area contributed by atoms with E-state index < -0.39 is 0 Å². The highest BCUT2D eigenvalue weighted by atomic mass is 19.1. The first-order valence-electron chi connectivity index (χ1n) is 11.0. The van der Waals surface area contributed by atoms with Crippen molar-refractivity contribution < 1.29 is 13.6 Å². The third-order valence-electron chi connectivity index (χ3n) is 5.85. The molecule has 3 nitrogen and oxygen atoms in total. The Balaban J connectivity index is 1.72. The summed E-state index contributed by atoms with van der Waals surface area (Å²) in [5.74, 6) is -0.511. The number of benzene rings is 2. The van der Waals surface area contributed by atoms with Crippen LogP contribution in [0.3, 0.4) is 0 Å². The molecule has 0 fully saturated rings. The average Bonchev–Trinajstić information content (AvgIpc) is 2.90. The second kappa shape index (κ2) is 10.7. The van der Waals surface area contributed by atoms with E-state index in [1.807, 2.05) is 0 Å². The van der Waals surface area contributed by atoms with Crippen LogP contribution in [0, 0.1) is 11.6 Å². The fraction of sp³-hybridized carbons (Fsp3) is 0.480. The van der Waals surface area contributed by atoms with E-state index in [1.165, 1.54) is 24.3 Å². The summed E-state index contributed by atoms with van der Waals surface area (Å²) < 4.78 is 27.5. The standard InChI is InChI=1S/C25H32F2N2O/c1-28(2)16-6-4-3-5-9-25(30)29-17-7-8-22(19-10-12-20(26)13-11-19)23-15-14-21(27)18-24(23)29/h10-15,18,22H,3-9,16-17H2,1-2H3. The summed E-state index contributed by atoms with van der Waals surface area (Å²) in [6, 6.07) is 11.2. The van der Waals surface area contributed by atoms with E-state index in [0.29, 0.717) is 18.7 Å². The van der Waals surface area contributed by atoms with Gasteiger partial charge in [-0.2, -0.15) is 0 Å². The summed E-state index contributed by atoms with van der Waals surface area (Å²) in [6.07, 6.45) is 6.29. The summed E-state index contributed by atoms with van der Waals surface area (Å²) in [5, 5.41) is 0. The van der Waals surface area contributed by atoms with Crippen LogP contribution < -0.4 is 4.90 Å². The van der Waals surface area contributed by atoms with E-state index in [0.717, 1.165) is 56.2 Å². The lowest BCUT2D eigenvalue weighted by molar-refractivity contribution is -0.118. The van der Waals surface area contributed by atoms with E-state index in [1.54, 1.807) is 23.1 Å². The van der Waals surface area contributed by atoms with Crippen LogP contribution in [-0.4, -0.2) is 38.0 Å². The Kier molecular flexibility index (Phi) is 7.97. The molecule has 1 aliphatic heterocycles. The smallest absolute Gasteiger partial charge is 0.226 e. The maximum absolute atomic E-state index is 14.1. The van der Waals surface area contributed by atoms with Gasteiger partial charge in [0, 0.05) is 18.9 Å². The Morgan fingerprint density at radius 2 is 1.70 bits per heavy atom. The van der Waals surface area contributed by atoms with Crippen molar-refractivity contribution in [3.8, 4) is 0 Å². The van der Waals surface area contributed by atoms with Gasteiger partial charge in [-0.1, -0.05) is 31.0 Å². The van der Waals surface area contributed by atoms with Crippen molar-refractivity contribution in [2.75, 3.05) is 32.1 Å². The van der Waals surface area contributed by atoms with Crippen LogP contribution in [0.15, 0.2) is 42.5 Å². The molecule has 0 bridgehead atoms. The lowest BCUT2D eigenvalue weighted by atomic mass is 9.87. The molecule has 1 atom stereocenters. The Labute approximate surface area is 178 Å². The van der Waals surface area contributed by atoms with Gasteiger partial charge in [0.2, 0.25) is 5.91 Å². The third kappa shape index (κ3) is 5.88. The van der Waals surface area contributed by atoms with Gasteiger partial charge >= 0.3 is 0 Å². The Hall–Kier alpha value is -2.27. The largest absolute Gasteiger partial charge is 0.312 e. The number of fused-ring (bicyclic) bond motifs is 1. The zero-order valence-corrected chi connectivity index (χ0v) is 18.0. The number of nitrogens with zero attached hydrogens (tertiary/aromatic N) is 2. The summed E-state index contributed by atoms with van der Waals surface area (Å²) in [7, 11) is 4.14. The van der Waals surface area contributed by atoms with Crippen molar-refractivity contribution in [1.29, 1.82) is 0 Å². The average molecular weight is 415 g/mol. The van der Waals surface area contributed by atoms with Crippen molar-refractivity contribution in [3.63, 3.8) is 0 Å². The predicted octanol–water partition coefficient (Wildman–Crippen LogP) is 5.74. The number of anilines is 1. The first-order chi connectivity index (χ1) is 14.5. The Morgan fingerprint density at radius 1 is 1.00 bits per heavy atom. The quantitative estimate of drug-likeness (QED) is 0.515. The second-order valence-corrected chi connectivity index (χ2v) is 8.46. The third-order valence-corrected chi connectivity index (χ3v) is 5.85. The molecule has 2 aromatic carbocycles. The number of unbranched alkanes of at least 4 members (excludes halogenated alkanes) is 3. The van der Waals surface area contributed by atoms with Gasteiger partial charge in [-0.3, -0.25) is 4.79 Å². The van der Waals surface area contributed by atoms with Crippen molar-refractivity contribution in [2.45, 2.75) is 50.9 Å². The molecule has 0 saturated carbocycles. The number of rotatable bonds is 8. The number of carbonyl (C=O) groups is 1. The highest BCUT2D eigenvalue weighted by Crippen LogP contribution is 2.39. The van der Waals surface area contributed by atoms with Gasteiger partial charge in [-0.15, -0.1) is 0 Å². The molecular formula is C25H32F2N2O. The Bertz CT molecular complexity index is 836. The van der Waals surface area contributed by atoms with Crippen molar-refractivity contribution in [2.24, 2.45) is 0 Å². The maximum Gasteiger partial charge on any atom is 0.226 e. The van der Waals surface area contributed by atoms with Crippen molar-refractivity contribution in [1.82, 2.24) is 4.90 Å². The molecule has 1 amide bonds. The molecule has 0 aromatic heterocycles. The zero-order valence-electron chi connectivity index (χ0n) is 18.0. The first kappa shape index (κ1) is 22.4. The summed E-state index contributed by atoms with van der Waals surface area (Å²) >= 11 is 0. The molecule has 0 spiro atoms. The molecule has 3 rings (SSSR count). The molecule has 1 aliphatic rings. The van der Waals surface area contributed by atoms with Crippen LogP contribution in [-0.2, 0) is 4.79 Å². The molecule has 2 aromatic rings. The molecule has 1 heterocycles. The van der Waals surface area contributed by atoms with Gasteiger partial charge in [0.05, 0.1) is 5.69 Å². The van der Waals surface area contributed by atoms with Gasteiger partial charge in [0.15, 0.2) is 0 Å². The van der Waals surface area contributed by atoms with Gasteiger partial charge in [0.1, 0.15) is 11.6 Å². The van der Waals surface area contributed by atoms with Crippen LogP contribution in [0.5, 0.6) is 0 Å². The summed E-state index contributed by atoms with van der Waals surface area (Å²) in [4.78, 5) is 16.9. The Morgan fingerprint density at radius 3 is 2.43 bits per heavy atom. The number of amides is 1.